The van der Waals surface area contributed by atoms with Gasteiger partial charge < -0.3 is 14.2 Å². The molecule has 1 atom stereocenters. The van der Waals surface area contributed by atoms with Crippen LogP contribution in [0, 0.1) is 11.8 Å². The third-order valence-corrected chi connectivity index (χ3v) is 14.5. The van der Waals surface area contributed by atoms with Crippen molar-refractivity contribution in [2.45, 2.75) is 362 Å². The van der Waals surface area contributed by atoms with Crippen molar-refractivity contribution in [3.8, 4) is 0 Å². The van der Waals surface area contributed by atoms with Crippen molar-refractivity contribution in [2.75, 3.05) is 13.2 Å². The van der Waals surface area contributed by atoms with Crippen molar-refractivity contribution in [3.05, 3.63) is 0 Å². The Kier molecular flexibility index (Phi) is 54.4. The highest BCUT2D eigenvalue weighted by Gasteiger charge is 2.19. The lowest BCUT2D eigenvalue weighted by atomic mass is 10.0. The molecule has 0 amide bonds. The summed E-state index contributed by atoms with van der Waals surface area (Å²) in [6.07, 6.45) is 61.0. The molecule has 0 aromatic carbocycles. The van der Waals surface area contributed by atoms with Gasteiger partial charge in [-0.05, 0) is 31.1 Å². The molecular weight excluding hydrogens is 853 g/mol. The summed E-state index contributed by atoms with van der Waals surface area (Å²) in [5.41, 5.74) is 0. The van der Waals surface area contributed by atoms with Crippen LogP contribution in [-0.2, 0) is 28.6 Å². The molecule has 0 saturated heterocycles. The minimum atomic E-state index is -0.763. The molecule has 0 aliphatic heterocycles. The number of carbonyl (C=O) groups is 3. The van der Waals surface area contributed by atoms with E-state index < -0.39 is 6.10 Å². The van der Waals surface area contributed by atoms with Gasteiger partial charge in [0.2, 0.25) is 0 Å². The van der Waals surface area contributed by atoms with E-state index in [-0.39, 0.29) is 31.1 Å². The number of hydrogen-bond donors (Lipinski definition) is 0. The van der Waals surface area contributed by atoms with Gasteiger partial charge in [-0.3, -0.25) is 14.4 Å². The quantitative estimate of drug-likeness (QED) is 0.0343. The minimum Gasteiger partial charge on any atom is -0.462 e. The van der Waals surface area contributed by atoms with Crippen LogP contribution in [0.2, 0.25) is 0 Å². The van der Waals surface area contributed by atoms with E-state index in [4.69, 9.17) is 14.2 Å². The van der Waals surface area contributed by atoms with Gasteiger partial charge in [-0.1, -0.05) is 317 Å². The first kappa shape index (κ1) is 67.4. The maximum absolute atomic E-state index is 12.9. The fourth-order valence-corrected chi connectivity index (χ4v) is 9.76. The highest BCUT2D eigenvalue weighted by Crippen LogP contribution is 2.19. The molecule has 0 rings (SSSR count). The number of rotatable bonds is 57. The Labute approximate surface area is 431 Å². The molecule has 0 aromatic heterocycles. The maximum atomic E-state index is 12.9. The number of unbranched alkanes of at least 4 members (excludes halogenated alkanes) is 42. The normalized spacial score (nSPS) is 12.0. The summed E-state index contributed by atoms with van der Waals surface area (Å²) < 4.78 is 16.9. The Morgan fingerprint density at radius 2 is 0.478 bits per heavy atom. The van der Waals surface area contributed by atoms with Gasteiger partial charge in [-0.25, -0.2) is 0 Å². The first-order valence-corrected chi connectivity index (χ1v) is 31.2. The Balaban J connectivity index is 4.29. The number of esters is 3. The largest absolute Gasteiger partial charge is 0.462 e. The Bertz CT molecular complexity index is 1060. The maximum Gasteiger partial charge on any atom is 0.306 e. The van der Waals surface area contributed by atoms with Crippen molar-refractivity contribution in [2.24, 2.45) is 11.8 Å². The molecule has 0 bridgehead atoms. The van der Waals surface area contributed by atoms with Gasteiger partial charge in [0.05, 0.1) is 0 Å². The second-order valence-corrected chi connectivity index (χ2v) is 22.6. The molecule has 0 spiro atoms. The zero-order chi connectivity index (χ0) is 50.4. The van der Waals surface area contributed by atoms with Gasteiger partial charge in [0.15, 0.2) is 6.10 Å². The fourth-order valence-electron chi connectivity index (χ4n) is 9.76. The average molecular weight is 976 g/mol. The number of ether oxygens (including phenoxy) is 3. The van der Waals surface area contributed by atoms with E-state index in [1.54, 1.807) is 0 Å². The number of hydrogen-bond acceptors (Lipinski definition) is 6. The summed E-state index contributed by atoms with van der Waals surface area (Å²) in [4.78, 5) is 38.3. The zero-order valence-electron chi connectivity index (χ0n) is 47.5. The third kappa shape index (κ3) is 57.2. The second kappa shape index (κ2) is 55.7. The topological polar surface area (TPSA) is 78.9 Å². The molecule has 0 aliphatic carbocycles. The average Bonchev–Trinajstić information content (AvgIpc) is 3.32. The standard InChI is InChI=1S/C63H122O6/c1-6-7-8-9-10-11-12-13-14-17-23-28-33-38-43-48-53-61(64)67-56-60(69-63(66)55-50-45-40-35-30-25-20-19-22-27-32-37-42-47-52-59(4)5)57-68-62(65)54-49-44-39-34-29-24-18-15-16-21-26-31-36-41-46-51-58(2)3/h58-60H,6-57H2,1-5H3/t60-/m0/s1. The monoisotopic (exact) mass is 975 g/mol. The summed E-state index contributed by atoms with van der Waals surface area (Å²) in [6, 6.07) is 0. The first-order chi connectivity index (χ1) is 33.7. The van der Waals surface area contributed by atoms with Gasteiger partial charge in [0.25, 0.3) is 0 Å². The summed E-state index contributed by atoms with van der Waals surface area (Å²) >= 11 is 0. The molecule has 6 heteroatoms. The van der Waals surface area contributed by atoms with Crippen LogP contribution in [0.3, 0.4) is 0 Å². The van der Waals surface area contributed by atoms with Gasteiger partial charge in [-0.2, -0.15) is 0 Å². The molecule has 0 saturated carbocycles. The van der Waals surface area contributed by atoms with E-state index in [9.17, 15) is 14.4 Å². The highest BCUT2D eigenvalue weighted by molar-refractivity contribution is 5.71. The van der Waals surface area contributed by atoms with E-state index >= 15 is 0 Å². The zero-order valence-corrected chi connectivity index (χ0v) is 47.5. The van der Waals surface area contributed by atoms with Gasteiger partial charge >= 0.3 is 17.9 Å². The van der Waals surface area contributed by atoms with E-state index in [0.717, 1.165) is 69.6 Å². The van der Waals surface area contributed by atoms with Crippen molar-refractivity contribution >= 4 is 17.9 Å². The lowest BCUT2D eigenvalue weighted by Gasteiger charge is -2.18. The van der Waals surface area contributed by atoms with Gasteiger partial charge in [0.1, 0.15) is 13.2 Å². The lowest BCUT2D eigenvalue weighted by molar-refractivity contribution is -0.167. The van der Waals surface area contributed by atoms with E-state index in [2.05, 4.69) is 34.6 Å². The molecule has 0 unspecified atom stereocenters. The smallest absolute Gasteiger partial charge is 0.306 e. The fraction of sp³-hybridized carbons (Fsp3) is 0.952. The Morgan fingerprint density at radius 1 is 0.275 bits per heavy atom. The molecule has 0 heterocycles. The summed E-state index contributed by atoms with van der Waals surface area (Å²) in [6.45, 7) is 11.5. The van der Waals surface area contributed by atoms with E-state index in [1.807, 2.05) is 0 Å². The van der Waals surface area contributed by atoms with Crippen LogP contribution in [-0.4, -0.2) is 37.2 Å². The van der Waals surface area contributed by atoms with E-state index in [1.165, 1.54) is 244 Å². The third-order valence-electron chi connectivity index (χ3n) is 14.5. The van der Waals surface area contributed by atoms with Crippen LogP contribution in [0.25, 0.3) is 0 Å². The molecular formula is C63H122O6. The van der Waals surface area contributed by atoms with Crippen molar-refractivity contribution in [1.82, 2.24) is 0 Å². The molecule has 0 aromatic rings. The molecule has 410 valence electrons. The van der Waals surface area contributed by atoms with Gasteiger partial charge in [0, 0.05) is 19.3 Å². The minimum absolute atomic E-state index is 0.0619. The van der Waals surface area contributed by atoms with Crippen LogP contribution in [0.5, 0.6) is 0 Å². The van der Waals surface area contributed by atoms with Crippen LogP contribution < -0.4 is 0 Å². The summed E-state index contributed by atoms with van der Waals surface area (Å²) in [5.74, 6) is 0.860. The van der Waals surface area contributed by atoms with E-state index in [0.29, 0.717) is 19.3 Å². The molecule has 0 fully saturated rings. The van der Waals surface area contributed by atoms with Crippen LogP contribution in [0.1, 0.15) is 356 Å². The lowest BCUT2D eigenvalue weighted by Crippen LogP contribution is -2.30. The Morgan fingerprint density at radius 3 is 0.710 bits per heavy atom. The van der Waals surface area contributed by atoms with Crippen LogP contribution >= 0.6 is 0 Å². The molecule has 0 N–H and O–H groups in total. The number of carbonyl (C=O) groups excluding carboxylic acids is 3. The van der Waals surface area contributed by atoms with Crippen molar-refractivity contribution in [1.29, 1.82) is 0 Å². The van der Waals surface area contributed by atoms with Crippen molar-refractivity contribution in [3.63, 3.8) is 0 Å². The molecule has 0 radical (unpaired) electrons. The second-order valence-electron chi connectivity index (χ2n) is 22.6. The molecule has 0 aliphatic rings. The summed E-state index contributed by atoms with van der Waals surface area (Å²) in [5, 5.41) is 0. The summed E-state index contributed by atoms with van der Waals surface area (Å²) in [7, 11) is 0. The Hall–Kier alpha value is -1.59. The van der Waals surface area contributed by atoms with Crippen molar-refractivity contribution < 1.29 is 28.6 Å². The van der Waals surface area contributed by atoms with Gasteiger partial charge in [-0.15, -0.1) is 0 Å². The predicted molar refractivity (Wildman–Crippen MR) is 298 cm³/mol. The highest BCUT2D eigenvalue weighted by atomic mass is 16.6. The SMILES string of the molecule is CCCCCCCCCCCCCCCCCCC(=O)OC[C@@H](COC(=O)CCCCCCCCCCCCCCCCCC(C)C)OC(=O)CCCCCCCCCCCCCCCCC(C)C. The van der Waals surface area contributed by atoms with Crippen LogP contribution in [0.15, 0.2) is 0 Å². The first-order valence-electron chi connectivity index (χ1n) is 31.2. The van der Waals surface area contributed by atoms with Crippen LogP contribution in [0.4, 0.5) is 0 Å². The molecule has 6 nitrogen and oxygen atoms in total. The predicted octanol–water partition coefficient (Wildman–Crippen LogP) is 20.8. The molecule has 69 heavy (non-hydrogen) atoms.